The van der Waals surface area contributed by atoms with Crippen molar-refractivity contribution in [3.8, 4) is 11.5 Å². The SMILES string of the molecule is CCCSC1=NC(NCCN)=C(N)C(N(N)Cc2ccc(CCCNC(=O)C3CCN(CCNCC(O)Cn4c(C(C)(C)CO)cc5cc(NC(=O)C6(c7ccc8c(c7)OC(F)(F)O8)CC6)c(F)cc54)CC3)cc2)N1. The minimum absolute atomic E-state index is 0.0419. The van der Waals surface area contributed by atoms with Gasteiger partial charge in [-0.2, -0.15) is 0 Å². The normalized spacial score (nSPS) is 18.8. The molecule has 13 N–H and O–H groups in total. The number of nitrogens with one attached hydrogen (secondary N) is 5. The van der Waals surface area contributed by atoms with Gasteiger partial charge in [0.2, 0.25) is 11.8 Å². The zero-order chi connectivity index (χ0) is 53.5. The second kappa shape index (κ2) is 24.2. The molecule has 4 aliphatic rings. The van der Waals surface area contributed by atoms with Crippen LogP contribution >= 0.6 is 11.8 Å². The number of alkyl halides is 2. The monoisotopic (exact) mass is 1060 g/mol. The third-order valence-electron chi connectivity index (χ3n) is 14.4. The highest BCUT2D eigenvalue weighted by Gasteiger charge is 2.53. The molecule has 1 aliphatic carbocycles. The number of hydrazine groups is 1. The van der Waals surface area contributed by atoms with E-state index in [1.54, 1.807) is 16.8 Å². The van der Waals surface area contributed by atoms with Crippen LogP contribution in [0.25, 0.3) is 10.9 Å². The molecule has 0 radical (unpaired) electrons. The molecule has 0 bridgehead atoms. The number of nitrogens with zero attached hydrogens (tertiary/aromatic N) is 4. The number of thioether (sulfide) groups is 1. The van der Waals surface area contributed by atoms with Crippen molar-refractivity contribution in [2.75, 3.05) is 70.0 Å². The minimum atomic E-state index is -3.80. The van der Waals surface area contributed by atoms with E-state index >= 15 is 4.39 Å². The average Bonchev–Trinajstić information content (AvgIpc) is 4.06. The molecule has 2 fully saturated rings. The number of rotatable bonds is 25. The van der Waals surface area contributed by atoms with Gasteiger partial charge < -0.3 is 67.2 Å². The van der Waals surface area contributed by atoms with E-state index in [2.05, 4.69) is 77.1 Å². The summed E-state index contributed by atoms with van der Waals surface area (Å²) in [6.07, 6.45) is -0.0363. The van der Waals surface area contributed by atoms with Crippen LogP contribution in [0.1, 0.15) is 81.7 Å². The lowest BCUT2D eigenvalue weighted by atomic mass is 9.90. The average molecular weight is 1060 g/mol. The van der Waals surface area contributed by atoms with Gasteiger partial charge in [-0.3, -0.25) is 15.4 Å². The molecule has 0 spiro atoms. The molecule has 1 saturated carbocycles. The molecule has 4 heterocycles. The van der Waals surface area contributed by atoms with Gasteiger partial charge in [0.15, 0.2) is 22.5 Å². The minimum Gasteiger partial charge on any atom is -0.396 e. The molecule has 75 heavy (non-hydrogen) atoms. The summed E-state index contributed by atoms with van der Waals surface area (Å²) in [5, 5.41) is 40.5. The van der Waals surface area contributed by atoms with Crippen molar-refractivity contribution in [3.05, 3.63) is 100 Å². The number of ether oxygens (including phenoxy) is 2. The Morgan fingerprint density at radius 1 is 1.03 bits per heavy atom. The largest absolute Gasteiger partial charge is 0.586 e. The molecule has 2 unspecified atom stereocenters. The number of likely N-dealkylation sites (tertiary alicyclic amines) is 1. The lowest BCUT2D eigenvalue weighted by Crippen LogP contribution is -2.56. The molecule has 3 aromatic carbocycles. The molecular weight excluding hydrogens is 990 g/mol. The third-order valence-corrected chi connectivity index (χ3v) is 15.5. The molecule has 18 nitrogen and oxygen atoms in total. The van der Waals surface area contributed by atoms with Crippen molar-refractivity contribution < 1.29 is 42.4 Å². The Morgan fingerprint density at radius 2 is 1.76 bits per heavy atom. The Morgan fingerprint density at radius 3 is 2.47 bits per heavy atom. The van der Waals surface area contributed by atoms with Gasteiger partial charge in [0.1, 0.15) is 12.0 Å². The third kappa shape index (κ3) is 13.5. The zero-order valence-electron chi connectivity index (χ0n) is 43.0. The first-order chi connectivity index (χ1) is 35.9. The summed E-state index contributed by atoms with van der Waals surface area (Å²) in [6, 6.07) is 17.2. The molecule has 3 aliphatic heterocycles. The number of carbonyl (C=O) groups is 2. The van der Waals surface area contributed by atoms with Gasteiger partial charge in [0.05, 0.1) is 41.6 Å². The van der Waals surface area contributed by atoms with Gasteiger partial charge in [-0.25, -0.2) is 14.4 Å². The predicted molar refractivity (Wildman–Crippen MR) is 285 cm³/mol. The number of hydrogen-bond donors (Lipinski definition) is 10. The fourth-order valence-corrected chi connectivity index (χ4v) is 10.6. The number of halogens is 3. The number of aromatic nitrogens is 1. The number of piperidine rings is 1. The standard InChI is InChI=1S/C53H73F3N12O6S/c1-4-24-75-50-64-46(61-19-17-57)45(58)47(65-50)68(59)30-34-9-7-33(8-10-34)6-5-18-62-48(71)35-13-21-66(22-14-35)23-20-60-29-38(70)31-67-41-28-39(54)40(25-36(41)26-44(67)51(2,3)32-69)63-49(72)52(15-16-52)37-11-12-42-43(27-37)74-53(55,56)73-42/h7-12,25-28,35,38,47,60-61,69-70H,4-6,13-24,29-32,57-59H2,1-3H3,(H,62,71)(H,63,72)(H,64,65). The molecule has 22 heteroatoms. The van der Waals surface area contributed by atoms with Crippen LogP contribution in [0.2, 0.25) is 0 Å². The van der Waals surface area contributed by atoms with Gasteiger partial charge in [-0.05, 0) is 99.0 Å². The van der Waals surface area contributed by atoms with Gasteiger partial charge in [-0.15, -0.1) is 8.78 Å². The Balaban J connectivity index is 0.745. The predicted octanol–water partition coefficient (Wildman–Crippen LogP) is 4.23. The first kappa shape index (κ1) is 55.6. The van der Waals surface area contributed by atoms with Crippen molar-refractivity contribution >= 4 is 45.3 Å². The molecule has 4 aromatic rings. The van der Waals surface area contributed by atoms with Crippen molar-refractivity contribution in [1.29, 1.82) is 0 Å². The van der Waals surface area contributed by atoms with E-state index in [1.165, 1.54) is 35.9 Å². The van der Waals surface area contributed by atoms with E-state index in [9.17, 15) is 28.6 Å². The van der Waals surface area contributed by atoms with Crippen LogP contribution in [-0.4, -0.2) is 125 Å². The molecular formula is C53H73F3N12O6S. The molecule has 2 atom stereocenters. The molecule has 8 rings (SSSR count). The van der Waals surface area contributed by atoms with E-state index in [-0.39, 0.29) is 48.7 Å². The second-order valence-corrected chi connectivity index (χ2v) is 21.7. The van der Waals surface area contributed by atoms with Gasteiger partial charge >= 0.3 is 6.29 Å². The number of aryl methyl sites for hydroxylation is 1. The van der Waals surface area contributed by atoms with Crippen molar-refractivity contribution in [2.24, 2.45) is 28.2 Å². The fourth-order valence-electron chi connectivity index (χ4n) is 9.83. The fraction of sp³-hybridized carbons (Fsp3) is 0.528. The maximum atomic E-state index is 15.9. The van der Waals surface area contributed by atoms with E-state index in [1.807, 2.05) is 24.5 Å². The number of hydrogen-bond acceptors (Lipinski definition) is 16. The van der Waals surface area contributed by atoms with Gasteiger partial charge in [0.25, 0.3) is 0 Å². The van der Waals surface area contributed by atoms with Crippen LogP contribution in [0.15, 0.2) is 77.2 Å². The quantitative estimate of drug-likeness (QED) is 0.0253. The summed E-state index contributed by atoms with van der Waals surface area (Å²) in [5.74, 6) is 6.65. The van der Waals surface area contributed by atoms with E-state index in [0.29, 0.717) is 79.2 Å². The maximum Gasteiger partial charge on any atom is 0.586 e. The van der Waals surface area contributed by atoms with Crippen LogP contribution in [0, 0.1) is 11.7 Å². The summed E-state index contributed by atoms with van der Waals surface area (Å²) in [6.45, 7) is 11.0. The van der Waals surface area contributed by atoms with Crippen molar-refractivity contribution in [3.63, 3.8) is 0 Å². The van der Waals surface area contributed by atoms with Crippen LogP contribution in [0.4, 0.5) is 18.9 Å². The first-order valence-electron chi connectivity index (χ1n) is 26.0. The molecule has 1 saturated heterocycles. The smallest absolute Gasteiger partial charge is 0.396 e. The van der Waals surface area contributed by atoms with Crippen LogP contribution in [-0.2, 0) is 39.9 Å². The summed E-state index contributed by atoms with van der Waals surface area (Å²) in [4.78, 5) is 33.7. The summed E-state index contributed by atoms with van der Waals surface area (Å²) >= 11 is 1.62. The number of anilines is 1. The van der Waals surface area contributed by atoms with Crippen LogP contribution in [0.3, 0.4) is 0 Å². The number of carbonyl (C=O) groups excluding carboxylic acids is 2. The molecule has 1 aromatic heterocycles. The van der Waals surface area contributed by atoms with Crippen molar-refractivity contribution in [1.82, 2.24) is 35.7 Å². The Bertz CT molecular complexity index is 2710. The maximum absolute atomic E-state index is 15.9. The van der Waals surface area contributed by atoms with E-state index in [0.717, 1.165) is 68.2 Å². The Labute approximate surface area is 440 Å². The number of aliphatic hydroxyl groups excluding tert-OH is 2. The van der Waals surface area contributed by atoms with Crippen LogP contribution < -0.4 is 53.4 Å². The zero-order valence-corrected chi connectivity index (χ0v) is 43.8. The number of aliphatic imine (C=N–C) groups is 1. The van der Waals surface area contributed by atoms with Crippen LogP contribution in [0.5, 0.6) is 11.5 Å². The number of aliphatic hydroxyl groups is 2. The number of benzene rings is 3. The highest BCUT2D eigenvalue weighted by atomic mass is 32.2. The number of amidine groups is 1. The lowest BCUT2D eigenvalue weighted by Gasteiger charge is -2.33. The topological polar surface area (TPSA) is 255 Å². The van der Waals surface area contributed by atoms with E-state index in [4.69, 9.17) is 17.3 Å². The lowest BCUT2D eigenvalue weighted by molar-refractivity contribution is -0.286. The highest BCUT2D eigenvalue weighted by molar-refractivity contribution is 8.13. The number of fused-ring (bicyclic) bond motifs is 2. The first-order valence-corrected chi connectivity index (χ1v) is 27.0. The number of nitrogens with two attached hydrogens (primary N) is 3. The Kier molecular flexibility index (Phi) is 17.9. The number of amides is 2. The van der Waals surface area contributed by atoms with Gasteiger partial charge in [0, 0.05) is 80.0 Å². The van der Waals surface area contributed by atoms with E-state index < -0.39 is 41.1 Å². The summed E-state index contributed by atoms with van der Waals surface area (Å²) < 4.78 is 54.2. The summed E-state index contributed by atoms with van der Waals surface area (Å²) in [7, 11) is 0. The molecule has 408 valence electrons. The van der Waals surface area contributed by atoms with Crippen molar-refractivity contribution in [2.45, 2.75) is 108 Å². The highest BCUT2D eigenvalue weighted by Crippen LogP contribution is 2.52. The summed E-state index contributed by atoms with van der Waals surface area (Å²) in [5.41, 5.74) is 14.7. The Hall–Kier alpha value is -5.59. The second-order valence-electron chi connectivity index (χ2n) is 20.6. The van der Waals surface area contributed by atoms with Gasteiger partial charge in [-0.1, -0.05) is 62.9 Å². The molecule has 2 amide bonds.